The Kier molecular flexibility index (Phi) is 3.95. The van der Waals surface area contributed by atoms with Crippen molar-refractivity contribution in [3.05, 3.63) is 46.1 Å². The first kappa shape index (κ1) is 14.3. The van der Waals surface area contributed by atoms with E-state index in [4.69, 9.17) is 10.6 Å². The molecule has 0 fully saturated rings. The first-order valence-electron chi connectivity index (χ1n) is 6.62. The van der Waals surface area contributed by atoms with Crippen molar-refractivity contribution in [3.63, 3.8) is 0 Å². The van der Waals surface area contributed by atoms with Crippen molar-refractivity contribution < 1.29 is 4.74 Å². The summed E-state index contributed by atoms with van der Waals surface area (Å²) in [4.78, 5) is 4.35. The molecule has 0 amide bonds. The van der Waals surface area contributed by atoms with Crippen LogP contribution in [0.4, 0.5) is 5.69 Å². The van der Waals surface area contributed by atoms with E-state index < -0.39 is 0 Å². The number of nitrogen functional groups attached to an aromatic ring is 1. The molecule has 3 N–H and O–H groups in total. The summed E-state index contributed by atoms with van der Waals surface area (Å²) >= 11 is 0. The van der Waals surface area contributed by atoms with Gasteiger partial charge in [-0.15, -0.1) is 0 Å². The topological polar surface area (TPSA) is 60.2 Å². The Morgan fingerprint density at radius 3 is 2.15 bits per heavy atom. The van der Waals surface area contributed by atoms with E-state index in [1.165, 1.54) is 5.56 Å². The Balaban J connectivity index is 2.48. The molecule has 0 unspecified atom stereocenters. The van der Waals surface area contributed by atoms with E-state index in [0.717, 1.165) is 33.7 Å². The Bertz CT molecular complexity index is 627. The molecule has 0 spiro atoms. The second-order valence-electron chi connectivity index (χ2n) is 5.22. The number of pyridine rings is 1. The SMILES string of the molecule is Cc1cc(C)c(Oc2ncc(C)c(C)c2NN)c(C)c1. The highest BCUT2D eigenvalue weighted by Crippen LogP contribution is 2.34. The third kappa shape index (κ3) is 2.60. The van der Waals surface area contributed by atoms with E-state index in [0.29, 0.717) is 5.88 Å². The third-order valence-electron chi connectivity index (χ3n) is 3.50. The highest BCUT2D eigenvalue weighted by molar-refractivity contribution is 5.61. The van der Waals surface area contributed by atoms with Crippen molar-refractivity contribution in [1.82, 2.24) is 4.98 Å². The summed E-state index contributed by atoms with van der Waals surface area (Å²) in [5.41, 5.74) is 8.92. The van der Waals surface area contributed by atoms with Gasteiger partial charge in [-0.2, -0.15) is 0 Å². The predicted molar refractivity (Wildman–Crippen MR) is 82.2 cm³/mol. The van der Waals surface area contributed by atoms with Crippen LogP contribution in [0.1, 0.15) is 27.8 Å². The van der Waals surface area contributed by atoms with Gasteiger partial charge in [0.15, 0.2) is 0 Å². The van der Waals surface area contributed by atoms with Crippen LogP contribution < -0.4 is 16.0 Å². The number of hydrazine groups is 1. The highest BCUT2D eigenvalue weighted by atomic mass is 16.5. The molecular formula is C16H21N3O. The molecule has 1 heterocycles. The molecule has 2 aromatic rings. The van der Waals surface area contributed by atoms with Crippen LogP contribution >= 0.6 is 0 Å². The van der Waals surface area contributed by atoms with Gasteiger partial charge in [0.2, 0.25) is 5.88 Å². The van der Waals surface area contributed by atoms with Crippen molar-refractivity contribution in [2.24, 2.45) is 5.84 Å². The monoisotopic (exact) mass is 271 g/mol. The van der Waals surface area contributed by atoms with Crippen molar-refractivity contribution in [2.45, 2.75) is 34.6 Å². The van der Waals surface area contributed by atoms with Gasteiger partial charge in [0.25, 0.3) is 0 Å². The van der Waals surface area contributed by atoms with E-state index in [1.807, 2.05) is 27.7 Å². The van der Waals surface area contributed by atoms with Gasteiger partial charge >= 0.3 is 0 Å². The quantitative estimate of drug-likeness (QED) is 0.660. The zero-order chi connectivity index (χ0) is 14.9. The molecule has 0 aliphatic carbocycles. The number of hydrogen-bond donors (Lipinski definition) is 2. The lowest BCUT2D eigenvalue weighted by Crippen LogP contribution is -2.11. The number of benzene rings is 1. The maximum absolute atomic E-state index is 6.00. The number of nitrogens with zero attached hydrogens (tertiary/aromatic N) is 1. The summed E-state index contributed by atoms with van der Waals surface area (Å²) < 4.78 is 6.00. The lowest BCUT2D eigenvalue weighted by Gasteiger charge is -2.16. The molecule has 4 heteroatoms. The average Bonchev–Trinajstić information content (AvgIpc) is 2.38. The molecule has 0 aliphatic rings. The number of hydrogen-bond acceptors (Lipinski definition) is 4. The summed E-state index contributed by atoms with van der Waals surface area (Å²) in [6, 6.07) is 4.19. The minimum Gasteiger partial charge on any atom is -0.436 e. The zero-order valence-electron chi connectivity index (χ0n) is 12.7. The summed E-state index contributed by atoms with van der Waals surface area (Å²) in [6.07, 6.45) is 1.80. The minimum atomic E-state index is 0.505. The second kappa shape index (κ2) is 5.51. The Morgan fingerprint density at radius 1 is 1.00 bits per heavy atom. The summed E-state index contributed by atoms with van der Waals surface area (Å²) in [7, 11) is 0. The molecule has 0 saturated heterocycles. The van der Waals surface area contributed by atoms with Gasteiger partial charge in [-0.3, -0.25) is 5.84 Å². The van der Waals surface area contributed by atoms with Crippen molar-refractivity contribution >= 4 is 5.69 Å². The fraction of sp³-hybridized carbons (Fsp3) is 0.312. The van der Waals surface area contributed by atoms with E-state index in [-0.39, 0.29) is 0 Å². The van der Waals surface area contributed by atoms with Crippen LogP contribution in [0.5, 0.6) is 11.6 Å². The zero-order valence-corrected chi connectivity index (χ0v) is 12.7. The molecule has 2 rings (SSSR count). The van der Waals surface area contributed by atoms with Gasteiger partial charge in [-0.05, 0) is 56.9 Å². The van der Waals surface area contributed by atoms with Crippen LogP contribution in [0.15, 0.2) is 18.3 Å². The largest absolute Gasteiger partial charge is 0.436 e. The molecule has 4 nitrogen and oxygen atoms in total. The van der Waals surface area contributed by atoms with Gasteiger partial charge in [0, 0.05) is 6.20 Å². The lowest BCUT2D eigenvalue weighted by atomic mass is 10.1. The van der Waals surface area contributed by atoms with E-state index >= 15 is 0 Å². The average molecular weight is 271 g/mol. The number of aromatic nitrogens is 1. The molecule has 1 aromatic heterocycles. The predicted octanol–water partition coefficient (Wildman–Crippen LogP) is 3.70. The first-order valence-corrected chi connectivity index (χ1v) is 6.62. The van der Waals surface area contributed by atoms with Crippen LogP contribution in [0.25, 0.3) is 0 Å². The minimum absolute atomic E-state index is 0.505. The van der Waals surface area contributed by atoms with Gasteiger partial charge in [-0.1, -0.05) is 17.7 Å². The molecule has 106 valence electrons. The molecule has 0 aliphatic heterocycles. The van der Waals surface area contributed by atoms with Crippen molar-refractivity contribution in [1.29, 1.82) is 0 Å². The van der Waals surface area contributed by atoms with E-state index in [2.05, 4.69) is 29.5 Å². The van der Waals surface area contributed by atoms with E-state index in [9.17, 15) is 0 Å². The molecule has 20 heavy (non-hydrogen) atoms. The smallest absolute Gasteiger partial charge is 0.244 e. The number of nitrogens with one attached hydrogen (secondary N) is 1. The normalized spacial score (nSPS) is 10.5. The molecule has 0 saturated carbocycles. The maximum atomic E-state index is 6.00. The standard InChI is InChI=1S/C16H21N3O/c1-9-6-10(2)15(11(3)7-9)20-16-14(19-17)13(5)12(4)8-18-16/h6-8,19H,17H2,1-5H3. The van der Waals surface area contributed by atoms with Gasteiger partial charge in [-0.25, -0.2) is 4.98 Å². The Labute approximate surface area is 120 Å². The van der Waals surface area contributed by atoms with Crippen molar-refractivity contribution in [3.8, 4) is 11.6 Å². The Hall–Kier alpha value is -2.07. The molecule has 0 bridgehead atoms. The summed E-state index contributed by atoms with van der Waals surface area (Å²) in [6.45, 7) is 10.1. The molecule has 1 aromatic carbocycles. The van der Waals surface area contributed by atoms with Crippen LogP contribution in [-0.4, -0.2) is 4.98 Å². The fourth-order valence-electron chi connectivity index (χ4n) is 2.35. The molecule has 0 atom stereocenters. The Morgan fingerprint density at radius 2 is 1.60 bits per heavy atom. The van der Waals surface area contributed by atoms with Gasteiger partial charge in [0.1, 0.15) is 11.4 Å². The second-order valence-corrected chi connectivity index (χ2v) is 5.22. The number of rotatable bonds is 3. The van der Waals surface area contributed by atoms with Gasteiger partial charge < -0.3 is 10.2 Å². The van der Waals surface area contributed by atoms with Crippen LogP contribution in [0, 0.1) is 34.6 Å². The fourth-order valence-corrected chi connectivity index (χ4v) is 2.35. The molecular weight excluding hydrogens is 250 g/mol. The van der Waals surface area contributed by atoms with Crippen molar-refractivity contribution in [2.75, 3.05) is 5.43 Å². The first-order chi connectivity index (χ1) is 9.43. The van der Waals surface area contributed by atoms with Gasteiger partial charge in [0.05, 0.1) is 0 Å². The third-order valence-corrected chi connectivity index (χ3v) is 3.50. The van der Waals surface area contributed by atoms with Crippen LogP contribution in [0.2, 0.25) is 0 Å². The molecule has 0 radical (unpaired) electrons. The van der Waals surface area contributed by atoms with Crippen LogP contribution in [0.3, 0.4) is 0 Å². The number of anilines is 1. The number of aryl methyl sites for hydroxylation is 4. The lowest BCUT2D eigenvalue weighted by molar-refractivity contribution is 0.457. The number of ether oxygens (including phenoxy) is 1. The summed E-state index contributed by atoms with van der Waals surface area (Å²) in [5.74, 6) is 6.95. The number of nitrogens with two attached hydrogens (primary N) is 1. The van der Waals surface area contributed by atoms with E-state index in [1.54, 1.807) is 6.20 Å². The summed E-state index contributed by atoms with van der Waals surface area (Å²) in [5, 5.41) is 0. The maximum Gasteiger partial charge on any atom is 0.244 e. The highest BCUT2D eigenvalue weighted by Gasteiger charge is 2.13. The van der Waals surface area contributed by atoms with Crippen LogP contribution in [-0.2, 0) is 0 Å².